The molecule has 0 atom stereocenters. The predicted molar refractivity (Wildman–Crippen MR) is 107 cm³/mol. The summed E-state index contributed by atoms with van der Waals surface area (Å²) in [6, 6.07) is 15.0. The van der Waals surface area contributed by atoms with Gasteiger partial charge in [0.05, 0.1) is 5.69 Å². The highest BCUT2D eigenvalue weighted by Crippen LogP contribution is 2.24. The molecule has 0 saturated heterocycles. The molecule has 0 N–H and O–H groups in total. The Morgan fingerprint density at radius 2 is 1.92 bits per heavy atom. The molecule has 0 bridgehead atoms. The number of anilines is 1. The van der Waals surface area contributed by atoms with Crippen molar-refractivity contribution in [2.75, 3.05) is 11.9 Å². The van der Waals surface area contributed by atoms with E-state index in [1.807, 2.05) is 38.1 Å². The van der Waals surface area contributed by atoms with Crippen LogP contribution >= 0.6 is 22.9 Å². The molecule has 0 spiro atoms. The van der Waals surface area contributed by atoms with Crippen LogP contribution in [-0.4, -0.2) is 17.9 Å². The molecule has 0 radical (unpaired) electrons. The molecule has 0 saturated carbocycles. The van der Waals surface area contributed by atoms with E-state index in [1.54, 1.807) is 36.2 Å². The third-order valence-corrected chi connectivity index (χ3v) is 5.28. The fraction of sp³-hybridized carbons (Fsp3) is 0.200. The van der Waals surface area contributed by atoms with E-state index in [9.17, 15) is 4.79 Å². The number of halogens is 1. The Kier molecular flexibility index (Phi) is 5.59. The normalized spacial score (nSPS) is 10.6. The molecule has 4 nitrogen and oxygen atoms in total. The third kappa shape index (κ3) is 4.23. The summed E-state index contributed by atoms with van der Waals surface area (Å²) in [6.45, 7) is 4.17. The fourth-order valence-electron chi connectivity index (χ4n) is 2.49. The highest BCUT2D eigenvalue weighted by atomic mass is 35.5. The molecule has 0 fully saturated rings. The minimum Gasteiger partial charge on any atom is -0.486 e. The van der Waals surface area contributed by atoms with Gasteiger partial charge in [-0.25, -0.2) is 4.98 Å². The zero-order valence-corrected chi connectivity index (χ0v) is 16.4. The first kappa shape index (κ1) is 18.4. The third-order valence-electron chi connectivity index (χ3n) is 3.90. The lowest BCUT2D eigenvalue weighted by molar-refractivity contribution is 0.0996. The second-order valence-electron chi connectivity index (χ2n) is 5.97. The molecule has 3 rings (SSSR count). The molecular weight excluding hydrogens is 368 g/mol. The minimum atomic E-state index is -0.0663. The Morgan fingerprint density at radius 1 is 1.19 bits per heavy atom. The molecule has 3 aromatic rings. The molecular formula is C20H19ClN2O2S. The van der Waals surface area contributed by atoms with Crippen LogP contribution in [0.4, 0.5) is 5.69 Å². The number of hydrogen-bond donors (Lipinski definition) is 0. The molecule has 2 aromatic carbocycles. The van der Waals surface area contributed by atoms with Gasteiger partial charge in [-0.2, -0.15) is 0 Å². The van der Waals surface area contributed by atoms with Crippen molar-refractivity contribution in [1.29, 1.82) is 0 Å². The van der Waals surface area contributed by atoms with Gasteiger partial charge >= 0.3 is 0 Å². The van der Waals surface area contributed by atoms with Crippen molar-refractivity contribution >= 4 is 34.5 Å². The first-order chi connectivity index (χ1) is 12.4. The number of aromatic nitrogens is 1. The SMILES string of the molecule is Cc1cccc(N(C)C(=O)c2sc(COc3ccc(Cl)cc3)nc2C)c1. The Hall–Kier alpha value is -2.37. The Labute approximate surface area is 162 Å². The summed E-state index contributed by atoms with van der Waals surface area (Å²) in [5.41, 5.74) is 2.69. The highest BCUT2D eigenvalue weighted by Gasteiger charge is 2.20. The summed E-state index contributed by atoms with van der Waals surface area (Å²) in [5.74, 6) is 0.648. The fourth-order valence-corrected chi connectivity index (χ4v) is 3.57. The molecule has 0 unspecified atom stereocenters. The summed E-state index contributed by atoms with van der Waals surface area (Å²) in [5, 5.41) is 1.42. The number of amides is 1. The van der Waals surface area contributed by atoms with Gasteiger partial charge in [-0.05, 0) is 55.8 Å². The van der Waals surface area contributed by atoms with Crippen molar-refractivity contribution < 1.29 is 9.53 Å². The average molecular weight is 387 g/mol. The van der Waals surface area contributed by atoms with Gasteiger partial charge in [0.25, 0.3) is 5.91 Å². The number of aryl methyl sites for hydroxylation is 2. The van der Waals surface area contributed by atoms with E-state index in [4.69, 9.17) is 16.3 Å². The lowest BCUT2D eigenvalue weighted by Gasteiger charge is -2.17. The van der Waals surface area contributed by atoms with Crippen LogP contribution in [0.5, 0.6) is 5.75 Å². The second kappa shape index (κ2) is 7.89. The standard InChI is InChI=1S/C20H19ClN2O2S/c1-13-5-4-6-16(11-13)23(3)20(24)19-14(2)22-18(26-19)12-25-17-9-7-15(21)8-10-17/h4-11H,12H2,1-3H3. The van der Waals surface area contributed by atoms with Crippen molar-refractivity contribution in [3.05, 3.63) is 74.7 Å². The van der Waals surface area contributed by atoms with Gasteiger partial charge < -0.3 is 9.64 Å². The van der Waals surface area contributed by atoms with Gasteiger partial charge in [0.2, 0.25) is 0 Å². The summed E-state index contributed by atoms with van der Waals surface area (Å²) in [7, 11) is 1.78. The summed E-state index contributed by atoms with van der Waals surface area (Å²) in [6.07, 6.45) is 0. The van der Waals surface area contributed by atoms with E-state index in [0.717, 1.165) is 16.3 Å². The molecule has 1 aromatic heterocycles. The molecule has 0 aliphatic rings. The quantitative estimate of drug-likeness (QED) is 0.600. The van der Waals surface area contributed by atoms with Crippen molar-refractivity contribution in [2.45, 2.75) is 20.5 Å². The van der Waals surface area contributed by atoms with Gasteiger partial charge in [0.15, 0.2) is 0 Å². The van der Waals surface area contributed by atoms with Crippen LogP contribution in [0.1, 0.15) is 25.9 Å². The van der Waals surface area contributed by atoms with Gasteiger partial charge in [0.1, 0.15) is 22.2 Å². The Bertz CT molecular complexity index is 922. The number of nitrogens with zero attached hydrogens (tertiary/aromatic N) is 2. The number of thiazole rings is 1. The lowest BCUT2D eigenvalue weighted by Crippen LogP contribution is -2.26. The van der Waals surface area contributed by atoms with Gasteiger partial charge in [-0.1, -0.05) is 23.7 Å². The summed E-state index contributed by atoms with van der Waals surface area (Å²) < 4.78 is 5.72. The van der Waals surface area contributed by atoms with Crippen molar-refractivity contribution in [3.8, 4) is 5.75 Å². The first-order valence-corrected chi connectivity index (χ1v) is 9.33. The Morgan fingerprint density at radius 3 is 2.62 bits per heavy atom. The maximum atomic E-state index is 12.8. The number of benzene rings is 2. The van der Waals surface area contributed by atoms with Crippen LogP contribution in [0.15, 0.2) is 48.5 Å². The summed E-state index contributed by atoms with van der Waals surface area (Å²) in [4.78, 5) is 19.6. The number of carbonyl (C=O) groups excluding carboxylic acids is 1. The van der Waals surface area contributed by atoms with Crippen LogP contribution in [0, 0.1) is 13.8 Å². The molecule has 0 aliphatic heterocycles. The first-order valence-electron chi connectivity index (χ1n) is 8.13. The van der Waals surface area contributed by atoms with E-state index in [2.05, 4.69) is 4.98 Å². The number of ether oxygens (including phenoxy) is 1. The molecule has 1 amide bonds. The number of hydrogen-bond acceptors (Lipinski definition) is 4. The topological polar surface area (TPSA) is 42.4 Å². The van der Waals surface area contributed by atoms with Crippen molar-refractivity contribution in [1.82, 2.24) is 4.98 Å². The number of carbonyl (C=O) groups is 1. The second-order valence-corrected chi connectivity index (χ2v) is 7.49. The lowest BCUT2D eigenvalue weighted by atomic mass is 10.2. The maximum Gasteiger partial charge on any atom is 0.270 e. The zero-order valence-electron chi connectivity index (χ0n) is 14.8. The van der Waals surface area contributed by atoms with E-state index in [-0.39, 0.29) is 5.91 Å². The largest absolute Gasteiger partial charge is 0.486 e. The van der Waals surface area contributed by atoms with Crippen molar-refractivity contribution in [3.63, 3.8) is 0 Å². The maximum absolute atomic E-state index is 12.8. The molecule has 26 heavy (non-hydrogen) atoms. The van der Waals surface area contributed by atoms with Crippen LogP contribution in [0.3, 0.4) is 0 Å². The predicted octanol–water partition coefficient (Wildman–Crippen LogP) is 5.27. The van der Waals surface area contributed by atoms with Crippen LogP contribution in [0.25, 0.3) is 0 Å². The van der Waals surface area contributed by atoms with Crippen LogP contribution < -0.4 is 9.64 Å². The highest BCUT2D eigenvalue weighted by molar-refractivity contribution is 7.13. The van der Waals surface area contributed by atoms with Gasteiger partial charge in [-0.3, -0.25) is 4.79 Å². The average Bonchev–Trinajstić information content (AvgIpc) is 3.00. The Balaban J connectivity index is 1.72. The van der Waals surface area contributed by atoms with Crippen LogP contribution in [-0.2, 0) is 6.61 Å². The zero-order chi connectivity index (χ0) is 18.7. The van der Waals surface area contributed by atoms with E-state index >= 15 is 0 Å². The van der Waals surface area contributed by atoms with E-state index in [0.29, 0.717) is 28.0 Å². The molecule has 6 heteroatoms. The van der Waals surface area contributed by atoms with E-state index < -0.39 is 0 Å². The van der Waals surface area contributed by atoms with Gasteiger partial charge in [0, 0.05) is 17.8 Å². The number of rotatable bonds is 5. The minimum absolute atomic E-state index is 0.0663. The molecule has 134 valence electrons. The summed E-state index contributed by atoms with van der Waals surface area (Å²) >= 11 is 7.23. The van der Waals surface area contributed by atoms with Gasteiger partial charge in [-0.15, -0.1) is 11.3 Å². The van der Waals surface area contributed by atoms with Crippen molar-refractivity contribution in [2.24, 2.45) is 0 Å². The smallest absolute Gasteiger partial charge is 0.270 e. The molecule has 0 aliphatic carbocycles. The monoisotopic (exact) mass is 386 g/mol. The van der Waals surface area contributed by atoms with Crippen LogP contribution in [0.2, 0.25) is 5.02 Å². The molecule has 1 heterocycles. The van der Waals surface area contributed by atoms with E-state index in [1.165, 1.54) is 11.3 Å².